The van der Waals surface area contributed by atoms with E-state index in [0.717, 1.165) is 24.2 Å². The Morgan fingerprint density at radius 1 is 1.14 bits per heavy atom. The first-order chi connectivity index (χ1) is 9.97. The molecule has 2 aliphatic rings. The van der Waals surface area contributed by atoms with Gasteiger partial charge < -0.3 is 10.2 Å². The minimum absolute atomic E-state index is 0.0874. The standard InChI is InChI=1S/C17H22N2O2/c1-10-7-14(10)16(20)18-12-5-4-6-13(9-12)19(3)17(21)15-8-11(15)2/h4-6,9-11,14-15H,7-8H2,1-3H3,(H,18,20). The first kappa shape index (κ1) is 14.1. The highest BCUT2D eigenvalue weighted by molar-refractivity contribution is 5.98. The predicted octanol–water partition coefficient (Wildman–Crippen LogP) is 2.90. The van der Waals surface area contributed by atoms with Gasteiger partial charge in [0.15, 0.2) is 0 Å². The summed E-state index contributed by atoms with van der Waals surface area (Å²) in [4.78, 5) is 25.9. The first-order valence-electron chi connectivity index (χ1n) is 7.66. The molecule has 0 radical (unpaired) electrons. The van der Waals surface area contributed by atoms with Crippen LogP contribution in [-0.2, 0) is 9.59 Å². The van der Waals surface area contributed by atoms with Crippen LogP contribution in [0.4, 0.5) is 11.4 Å². The summed E-state index contributed by atoms with van der Waals surface area (Å²) in [6, 6.07) is 7.52. The van der Waals surface area contributed by atoms with Gasteiger partial charge in [-0.15, -0.1) is 0 Å². The number of nitrogens with one attached hydrogen (secondary N) is 1. The zero-order valence-corrected chi connectivity index (χ0v) is 12.8. The van der Waals surface area contributed by atoms with E-state index in [2.05, 4.69) is 19.2 Å². The summed E-state index contributed by atoms with van der Waals surface area (Å²) in [5.74, 6) is 1.57. The van der Waals surface area contributed by atoms with Crippen LogP contribution in [0.2, 0.25) is 0 Å². The lowest BCUT2D eigenvalue weighted by Gasteiger charge is -2.18. The van der Waals surface area contributed by atoms with Crippen LogP contribution >= 0.6 is 0 Å². The zero-order valence-electron chi connectivity index (χ0n) is 12.8. The molecule has 0 heterocycles. The molecule has 1 aromatic rings. The normalized spacial score (nSPS) is 29.7. The van der Waals surface area contributed by atoms with Gasteiger partial charge in [-0.1, -0.05) is 19.9 Å². The highest BCUT2D eigenvalue weighted by Gasteiger charge is 2.41. The SMILES string of the molecule is CC1CC1C(=O)Nc1cccc(N(C)C(=O)C2CC2C)c1. The number of carbonyl (C=O) groups is 2. The lowest BCUT2D eigenvalue weighted by atomic mass is 10.2. The number of carbonyl (C=O) groups excluding carboxylic acids is 2. The molecule has 21 heavy (non-hydrogen) atoms. The molecule has 2 fully saturated rings. The monoisotopic (exact) mass is 286 g/mol. The molecule has 3 rings (SSSR count). The van der Waals surface area contributed by atoms with E-state index in [1.165, 1.54) is 0 Å². The van der Waals surface area contributed by atoms with Crippen molar-refractivity contribution in [2.24, 2.45) is 23.7 Å². The zero-order chi connectivity index (χ0) is 15.1. The van der Waals surface area contributed by atoms with Crippen molar-refractivity contribution >= 4 is 23.2 Å². The summed E-state index contributed by atoms with van der Waals surface area (Å²) in [6.07, 6.45) is 1.96. The predicted molar refractivity (Wildman–Crippen MR) is 83.0 cm³/mol. The maximum Gasteiger partial charge on any atom is 0.230 e. The highest BCUT2D eigenvalue weighted by atomic mass is 16.2. The van der Waals surface area contributed by atoms with Crippen molar-refractivity contribution in [2.75, 3.05) is 17.3 Å². The first-order valence-corrected chi connectivity index (χ1v) is 7.66. The fourth-order valence-electron chi connectivity index (χ4n) is 2.76. The van der Waals surface area contributed by atoms with Crippen molar-refractivity contribution in [1.29, 1.82) is 0 Å². The maximum absolute atomic E-state index is 12.2. The molecule has 4 atom stereocenters. The van der Waals surface area contributed by atoms with Crippen LogP contribution in [-0.4, -0.2) is 18.9 Å². The summed E-state index contributed by atoms with van der Waals surface area (Å²) in [5.41, 5.74) is 1.60. The van der Waals surface area contributed by atoms with Crippen LogP contribution in [0.5, 0.6) is 0 Å². The second-order valence-electron chi connectivity index (χ2n) is 6.58. The number of hydrogen-bond donors (Lipinski definition) is 1. The molecular weight excluding hydrogens is 264 g/mol. The molecule has 1 aromatic carbocycles. The van der Waals surface area contributed by atoms with Gasteiger partial charge in [-0.25, -0.2) is 0 Å². The minimum atomic E-state index is 0.0874. The number of amides is 2. The Bertz CT molecular complexity index is 584. The van der Waals surface area contributed by atoms with Crippen molar-refractivity contribution in [3.63, 3.8) is 0 Å². The second-order valence-corrected chi connectivity index (χ2v) is 6.58. The molecule has 0 saturated heterocycles. The largest absolute Gasteiger partial charge is 0.326 e. The number of rotatable bonds is 4. The Labute approximate surface area is 125 Å². The van der Waals surface area contributed by atoms with E-state index in [9.17, 15) is 9.59 Å². The van der Waals surface area contributed by atoms with Gasteiger partial charge in [0.1, 0.15) is 0 Å². The lowest BCUT2D eigenvalue weighted by Crippen LogP contribution is -2.28. The van der Waals surface area contributed by atoms with Crippen molar-refractivity contribution in [1.82, 2.24) is 0 Å². The summed E-state index contributed by atoms with van der Waals surface area (Å²) < 4.78 is 0. The molecule has 2 aliphatic carbocycles. The third-order valence-electron chi connectivity index (χ3n) is 4.70. The molecule has 1 N–H and O–H groups in total. The van der Waals surface area contributed by atoms with Gasteiger partial charge >= 0.3 is 0 Å². The average molecular weight is 286 g/mol. The Kier molecular flexibility index (Phi) is 3.47. The minimum Gasteiger partial charge on any atom is -0.326 e. The van der Waals surface area contributed by atoms with Gasteiger partial charge in [-0.05, 0) is 42.9 Å². The van der Waals surface area contributed by atoms with Gasteiger partial charge in [0.2, 0.25) is 11.8 Å². The van der Waals surface area contributed by atoms with Crippen molar-refractivity contribution in [2.45, 2.75) is 26.7 Å². The van der Waals surface area contributed by atoms with Crippen molar-refractivity contribution < 1.29 is 9.59 Å². The van der Waals surface area contributed by atoms with Gasteiger partial charge in [0.05, 0.1) is 0 Å². The van der Waals surface area contributed by atoms with E-state index in [1.54, 1.807) is 11.9 Å². The molecule has 0 spiro atoms. The second kappa shape index (κ2) is 5.17. The topological polar surface area (TPSA) is 49.4 Å². The Morgan fingerprint density at radius 3 is 2.33 bits per heavy atom. The number of anilines is 2. The Morgan fingerprint density at radius 2 is 1.76 bits per heavy atom. The molecule has 4 heteroatoms. The highest BCUT2D eigenvalue weighted by Crippen LogP contribution is 2.40. The van der Waals surface area contributed by atoms with Crippen LogP contribution in [0.3, 0.4) is 0 Å². The van der Waals surface area contributed by atoms with Crippen molar-refractivity contribution in [3.05, 3.63) is 24.3 Å². The maximum atomic E-state index is 12.2. The van der Waals surface area contributed by atoms with E-state index in [-0.39, 0.29) is 23.7 Å². The Hall–Kier alpha value is -1.84. The van der Waals surface area contributed by atoms with Crippen LogP contribution in [0.25, 0.3) is 0 Å². The summed E-state index contributed by atoms with van der Waals surface area (Å²) >= 11 is 0. The summed E-state index contributed by atoms with van der Waals surface area (Å²) in [5, 5.41) is 2.95. The summed E-state index contributed by atoms with van der Waals surface area (Å²) in [7, 11) is 1.80. The average Bonchev–Trinajstić information content (AvgIpc) is 3.36. The van der Waals surface area contributed by atoms with E-state index in [4.69, 9.17) is 0 Å². The van der Waals surface area contributed by atoms with E-state index in [1.807, 2.05) is 24.3 Å². The smallest absolute Gasteiger partial charge is 0.230 e. The molecule has 4 nitrogen and oxygen atoms in total. The van der Waals surface area contributed by atoms with Crippen LogP contribution in [0.15, 0.2) is 24.3 Å². The number of benzene rings is 1. The van der Waals surface area contributed by atoms with E-state index >= 15 is 0 Å². The van der Waals surface area contributed by atoms with Gasteiger partial charge in [0.25, 0.3) is 0 Å². The molecule has 112 valence electrons. The van der Waals surface area contributed by atoms with E-state index in [0.29, 0.717) is 11.8 Å². The fraction of sp³-hybridized carbons (Fsp3) is 0.529. The third-order valence-corrected chi connectivity index (χ3v) is 4.70. The molecule has 4 unspecified atom stereocenters. The lowest BCUT2D eigenvalue weighted by molar-refractivity contribution is -0.120. The van der Waals surface area contributed by atoms with Gasteiger partial charge in [-0.3, -0.25) is 9.59 Å². The fourth-order valence-corrected chi connectivity index (χ4v) is 2.76. The third kappa shape index (κ3) is 2.94. The molecule has 2 saturated carbocycles. The molecule has 0 bridgehead atoms. The van der Waals surface area contributed by atoms with Gasteiger partial charge in [0, 0.05) is 30.3 Å². The summed E-state index contributed by atoms with van der Waals surface area (Å²) in [6.45, 7) is 4.19. The molecule has 2 amide bonds. The quantitative estimate of drug-likeness (QED) is 0.925. The van der Waals surface area contributed by atoms with Crippen LogP contribution in [0, 0.1) is 23.7 Å². The number of nitrogens with zero attached hydrogens (tertiary/aromatic N) is 1. The molecule has 0 aromatic heterocycles. The van der Waals surface area contributed by atoms with Crippen LogP contribution in [0.1, 0.15) is 26.7 Å². The number of hydrogen-bond acceptors (Lipinski definition) is 2. The van der Waals surface area contributed by atoms with E-state index < -0.39 is 0 Å². The molecular formula is C17H22N2O2. The van der Waals surface area contributed by atoms with Crippen LogP contribution < -0.4 is 10.2 Å². The van der Waals surface area contributed by atoms with Gasteiger partial charge in [-0.2, -0.15) is 0 Å². The Balaban J connectivity index is 1.67. The van der Waals surface area contributed by atoms with Crippen molar-refractivity contribution in [3.8, 4) is 0 Å². The molecule has 0 aliphatic heterocycles.